The summed E-state index contributed by atoms with van der Waals surface area (Å²) in [5, 5.41) is 1.77. The predicted octanol–water partition coefficient (Wildman–Crippen LogP) is 8.95. The van der Waals surface area contributed by atoms with E-state index in [4.69, 9.17) is 0 Å². The van der Waals surface area contributed by atoms with Crippen LogP contribution >= 0.6 is 15.8 Å². The fourth-order valence-electron chi connectivity index (χ4n) is 5.47. The summed E-state index contributed by atoms with van der Waals surface area (Å²) in [6.07, 6.45) is 7.39. The third kappa shape index (κ3) is 6.73. The lowest BCUT2D eigenvalue weighted by Gasteiger charge is -2.51. The standard InChI is InChI=1S/C24H50P2/c1-19-14-15-24(16-19,17-25(20(2,3)4)21(5,6)7)18-26(22(8,9)10)23(11,12)13/h19H,14-18H2,1-13H3. The Balaban J connectivity index is 3.27. The van der Waals surface area contributed by atoms with E-state index in [1.807, 2.05) is 0 Å². The monoisotopic (exact) mass is 400 g/mol. The molecule has 0 N–H and O–H groups in total. The maximum absolute atomic E-state index is 2.51. The second-order valence-electron chi connectivity index (χ2n) is 13.2. The van der Waals surface area contributed by atoms with Gasteiger partial charge in [-0.25, -0.2) is 0 Å². The van der Waals surface area contributed by atoms with Gasteiger partial charge in [-0.2, -0.15) is 0 Å². The van der Waals surface area contributed by atoms with Crippen LogP contribution in [0.15, 0.2) is 0 Å². The van der Waals surface area contributed by atoms with Gasteiger partial charge in [-0.1, -0.05) is 112 Å². The molecule has 0 aliphatic heterocycles. The van der Waals surface area contributed by atoms with Crippen LogP contribution in [0.3, 0.4) is 0 Å². The van der Waals surface area contributed by atoms with Crippen LogP contribution in [0.4, 0.5) is 0 Å². The molecule has 0 spiro atoms. The molecule has 0 nitrogen and oxygen atoms in total. The highest BCUT2D eigenvalue weighted by Gasteiger charge is 2.48. The normalized spacial score (nSPS) is 22.5. The molecule has 1 atom stereocenters. The zero-order chi connectivity index (χ0) is 20.8. The van der Waals surface area contributed by atoms with E-state index in [0.29, 0.717) is 26.0 Å². The van der Waals surface area contributed by atoms with Crippen LogP contribution in [0, 0.1) is 11.3 Å². The molecule has 0 amide bonds. The third-order valence-electron chi connectivity index (χ3n) is 6.17. The Labute approximate surface area is 169 Å². The summed E-state index contributed by atoms with van der Waals surface area (Å²) in [5.74, 6) is 0.920. The summed E-state index contributed by atoms with van der Waals surface area (Å²) in [4.78, 5) is 0. The fraction of sp³-hybridized carbons (Fsp3) is 1.00. The van der Waals surface area contributed by atoms with Gasteiger partial charge in [-0.15, -0.1) is 0 Å². The molecule has 0 heterocycles. The van der Waals surface area contributed by atoms with E-state index in [2.05, 4.69) is 90.0 Å². The first-order valence-corrected chi connectivity index (χ1v) is 13.9. The van der Waals surface area contributed by atoms with Crippen LogP contribution in [0.2, 0.25) is 0 Å². The first-order chi connectivity index (χ1) is 11.3. The first kappa shape index (κ1) is 24.9. The summed E-state index contributed by atoms with van der Waals surface area (Å²) >= 11 is 0. The van der Waals surface area contributed by atoms with Gasteiger partial charge >= 0.3 is 0 Å². The fourth-order valence-corrected chi connectivity index (χ4v) is 13.7. The van der Waals surface area contributed by atoms with Crippen molar-refractivity contribution in [1.29, 1.82) is 0 Å². The van der Waals surface area contributed by atoms with Crippen molar-refractivity contribution in [3.63, 3.8) is 0 Å². The summed E-state index contributed by atoms with van der Waals surface area (Å²) in [6, 6.07) is 0. The van der Waals surface area contributed by atoms with Crippen molar-refractivity contribution in [2.75, 3.05) is 12.3 Å². The minimum Gasteiger partial charge on any atom is -0.0951 e. The molecule has 1 aliphatic carbocycles. The first-order valence-electron chi connectivity index (χ1n) is 10.8. The van der Waals surface area contributed by atoms with E-state index < -0.39 is 0 Å². The molecule has 0 saturated heterocycles. The molecular weight excluding hydrogens is 350 g/mol. The summed E-state index contributed by atoms with van der Waals surface area (Å²) < 4.78 is 0. The third-order valence-corrected chi connectivity index (χ3v) is 14.6. The van der Waals surface area contributed by atoms with E-state index >= 15 is 0 Å². The van der Waals surface area contributed by atoms with E-state index in [0.717, 1.165) is 5.92 Å². The van der Waals surface area contributed by atoms with E-state index in [1.165, 1.54) is 31.6 Å². The molecule has 1 aliphatic rings. The lowest BCUT2D eigenvalue weighted by molar-refractivity contribution is 0.371. The van der Waals surface area contributed by atoms with Crippen molar-refractivity contribution < 1.29 is 0 Å². The van der Waals surface area contributed by atoms with Crippen LogP contribution in [0.25, 0.3) is 0 Å². The molecule has 156 valence electrons. The Kier molecular flexibility index (Phi) is 7.60. The maximum atomic E-state index is 2.51. The van der Waals surface area contributed by atoms with Gasteiger partial charge in [0.25, 0.3) is 0 Å². The van der Waals surface area contributed by atoms with Gasteiger partial charge in [0, 0.05) is 0 Å². The zero-order valence-electron chi connectivity index (χ0n) is 20.5. The van der Waals surface area contributed by atoms with Crippen molar-refractivity contribution in [3.8, 4) is 0 Å². The van der Waals surface area contributed by atoms with Crippen LogP contribution in [-0.2, 0) is 0 Å². The van der Waals surface area contributed by atoms with Crippen LogP contribution in [0.1, 0.15) is 109 Å². The second kappa shape index (κ2) is 7.94. The highest BCUT2D eigenvalue weighted by molar-refractivity contribution is 7.62. The van der Waals surface area contributed by atoms with E-state index in [-0.39, 0.29) is 15.8 Å². The second-order valence-corrected chi connectivity index (χ2v) is 20.9. The van der Waals surface area contributed by atoms with E-state index in [1.54, 1.807) is 0 Å². The summed E-state index contributed by atoms with van der Waals surface area (Å²) in [7, 11) is -0.0267. The molecule has 2 heteroatoms. The molecule has 0 aromatic heterocycles. The van der Waals surface area contributed by atoms with Crippen molar-refractivity contribution >= 4 is 15.8 Å². The molecule has 0 aromatic carbocycles. The molecule has 1 saturated carbocycles. The molecular formula is C24H50P2. The van der Waals surface area contributed by atoms with Crippen molar-refractivity contribution in [2.45, 2.75) is 130 Å². The van der Waals surface area contributed by atoms with E-state index in [9.17, 15) is 0 Å². The average molecular weight is 401 g/mol. The largest absolute Gasteiger partial charge is 0.0951 e. The Morgan fingerprint density at radius 1 is 0.654 bits per heavy atom. The maximum Gasteiger partial charge on any atom is -0.0174 e. The molecule has 0 aromatic rings. The zero-order valence-corrected chi connectivity index (χ0v) is 22.3. The lowest BCUT2D eigenvalue weighted by Crippen LogP contribution is -2.38. The van der Waals surface area contributed by atoms with Crippen LogP contribution in [0.5, 0.6) is 0 Å². The molecule has 26 heavy (non-hydrogen) atoms. The van der Waals surface area contributed by atoms with Gasteiger partial charge in [-0.05, 0) is 57.1 Å². The quantitative estimate of drug-likeness (QED) is 0.413. The minimum atomic E-state index is -0.0133. The van der Waals surface area contributed by atoms with Gasteiger partial charge in [0.15, 0.2) is 0 Å². The SMILES string of the molecule is CC1CCC(CP(C(C)(C)C)C(C)(C)C)(CP(C(C)(C)C)C(C)(C)C)C1. The van der Waals surface area contributed by atoms with Crippen molar-refractivity contribution in [1.82, 2.24) is 0 Å². The van der Waals surface area contributed by atoms with Gasteiger partial charge < -0.3 is 0 Å². The molecule has 0 radical (unpaired) electrons. The lowest BCUT2D eigenvalue weighted by atomic mass is 9.90. The van der Waals surface area contributed by atoms with Crippen LogP contribution in [-0.4, -0.2) is 32.9 Å². The van der Waals surface area contributed by atoms with Crippen molar-refractivity contribution in [2.24, 2.45) is 11.3 Å². The Hall–Kier alpha value is 0.860. The van der Waals surface area contributed by atoms with Gasteiger partial charge in [0.2, 0.25) is 0 Å². The smallest absolute Gasteiger partial charge is 0.0174 e. The molecule has 1 rings (SSSR count). The average Bonchev–Trinajstić information content (AvgIpc) is 2.70. The number of hydrogen-bond acceptors (Lipinski definition) is 0. The topological polar surface area (TPSA) is 0 Å². The highest BCUT2D eigenvalue weighted by Crippen LogP contribution is 2.69. The Bertz CT molecular complexity index is 389. The Morgan fingerprint density at radius 3 is 1.15 bits per heavy atom. The van der Waals surface area contributed by atoms with Gasteiger partial charge in [0.1, 0.15) is 0 Å². The summed E-state index contributed by atoms with van der Waals surface area (Å²) in [5.41, 5.74) is 0.595. The highest BCUT2D eigenvalue weighted by atomic mass is 31.1. The van der Waals surface area contributed by atoms with Crippen molar-refractivity contribution in [3.05, 3.63) is 0 Å². The number of hydrogen-bond donors (Lipinski definition) is 0. The van der Waals surface area contributed by atoms with Gasteiger partial charge in [-0.3, -0.25) is 0 Å². The summed E-state index contributed by atoms with van der Waals surface area (Å²) in [6.45, 7) is 32.6. The molecule has 1 unspecified atom stereocenters. The van der Waals surface area contributed by atoms with Gasteiger partial charge in [0.05, 0.1) is 0 Å². The predicted molar refractivity (Wildman–Crippen MR) is 128 cm³/mol. The minimum absolute atomic E-state index is 0.0133. The molecule has 1 fully saturated rings. The van der Waals surface area contributed by atoms with Crippen LogP contribution < -0.4 is 0 Å². The number of rotatable bonds is 4. The molecule has 0 bridgehead atoms. The Morgan fingerprint density at radius 2 is 0.962 bits per heavy atom.